The van der Waals surface area contributed by atoms with Crippen LogP contribution in [0.25, 0.3) is 11.1 Å². The summed E-state index contributed by atoms with van der Waals surface area (Å²) < 4.78 is 0. The van der Waals surface area contributed by atoms with Crippen LogP contribution in [0.15, 0.2) is 97.1 Å². The highest BCUT2D eigenvalue weighted by molar-refractivity contribution is 6.11. The molecule has 1 aliphatic rings. The molecule has 5 rings (SSSR count). The van der Waals surface area contributed by atoms with Crippen LogP contribution in [0.5, 0.6) is 0 Å². The Balaban J connectivity index is 1.72. The Morgan fingerprint density at radius 3 is 1.64 bits per heavy atom. The minimum atomic E-state index is 0.0802. The zero-order valence-corrected chi connectivity index (χ0v) is 15.7. The second-order valence-electron chi connectivity index (χ2n) is 7.34. The third-order valence-electron chi connectivity index (χ3n) is 5.74. The largest absolute Gasteiger partial charge is 0.289 e. The summed E-state index contributed by atoms with van der Waals surface area (Å²) in [5.41, 5.74) is 8.72. The fourth-order valence-electron chi connectivity index (χ4n) is 4.42. The van der Waals surface area contributed by atoms with Gasteiger partial charge in [0.1, 0.15) is 0 Å². The van der Waals surface area contributed by atoms with Crippen molar-refractivity contribution < 1.29 is 4.79 Å². The lowest BCUT2D eigenvalue weighted by atomic mass is 9.84. The Kier molecular flexibility index (Phi) is 3.95. The van der Waals surface area contributed by atoms with Gasteiger partial charge in [0.05, 0.1) is 0 Å². The summed E-state index contributed by atoms with van der Waals surface area (Å²) in [6.07, 6.45) is 0. The van der Waals surface area contributed by atoms with Crippen molar-refractivity contribution in [3.63, 3.8) is 0 Å². The van der Waals surface area contributed by atoms with Gasteiger partial charge in [-0.25, -0.2) is 0 Å². The van der Waals surface area contributed by atoms with Crippen molar-refractivity contribution in [2.24, 2.45) is 0 Å². The van der Waals surface area contributed by atoms with Crippen LogP contribution in [0, 0.1) is 6.92 Å². The molecule has 0 aromatic heterocycles. The average Bonchev–Trinajstić information content (AvgIpc) is 3.08. The van der Waals surface area contributed by atoms with Crippen LogP contribution in [0.3, 0.4) is 0 Å². The van der Waals surface area contributed by atoms with E-state index in [1.807, 2.05) is 49.4 Å². The number of hydrogen-bond acceptors (Lipinski definition) is 1. The van der Waals surface area contributed by atoms with E-state index in [4.69, 9.17) is 0 Å². The molecule has 0 saturated carbocycles. The van der Waals surface area contributed by atoms with E-state index in [2.05, 4.69) is 54.6 Å². The summed E-state index contributed by atoms with van der Waals surface area (Å²) in [7, 11) is 0. The molecule has 4 aromatic rings. The highest BCUT2D eigenvalue weighted by Gasteiger charge is 2.31. The predicted octanol–water partition coefficient (Wildman–Crippen LogP) is 6.39. The molecule has 0 spiro atoms. The van der Waals surface area contributed by atoms with E-state index >= 15 is 0 Å². The Bertz CT molecular complexity index is 1160. The molecule has 4 aromatic carbocycles. The number of hydrogen-bond donors (Lipinski definition) is 0. The van der Waals surface area contributed by atoms with Crippen molar-refractivity contribution >= 4 is 5.78 Å². The molecule has 0 radical (unpaired) electrons. The summed E-state index contributed by atoms with van der Waals surface area (Å²) in [6.45, 7) is 2.00. The standard InChI is InChI=1S/C27H20O/c1-18-10-2-3-11-19(18)27(28)25-17-9-8-16-24(25)26-22-14-6-4-12-20(22)21-13-5-7-15-23(21)26/h2-17,26H,1H3. The smallest absolute Gasteiger partial charge is 0.193 e. The van der Waals surface area contributed by atoms with Crippen molar-refractivity contribution in [1.29, 1.82) is 0 Å². The van der Waals surface area contributed by atoms with Crippen molar-refractivity contribution in [3.05, 3.63) is 130 Å². The highest BCUT2D eigenvalue weighted by atomic mass is 16.1. The van der Waals surface area contributed by atoms with Crippen molar-refractivity contribution in [1.82, 2.24) is 0 Å². The lowest BCUT2D eigenvalue weighted by Gasteiger charge is -2.18. The van der Waals surface area contributed by atoms with Gasteiger partial charge in [-0.1, -0.05) is 97.1 Å². The number of carbonyl (C=O) groups is 1. The van der Waals surface area contributed by atoms with Gasteiger partial charge in [-0.15, -0.1) is 0 Å². The van der Waals surface area contributed by atoms with Crippen LogP contribution in [-0.4, -0.2) is 5.78 Å². The van der Waals surface area contributed by atoms with Crippen molar-refractivity contribution in [3.8, 4) is 11.1 Å². The molecule has 0 saturated heterocycles. The molecule has 1 heteroatoms. The van der Waals surface area contributed by atoms with E-state index in [-0.39, 0.29) is 11.7 Å². The molecule has 0 fully saturated rings. The van der Waals surface area contributed by atoms with Gasteiger partial charge in [-0.3, -0.25) is 4.79 Å². The monoisotopic (exact) mass is 360 g/mol. The van der Waals surface area contributed by atoms with Gasteiger partial charge in [-0.2, -0.15) is 0 Å². The maximum absolute atomic E-state index is 13.5. The molecular weight excluding hydrogens is 340 g/mol. The van der Waals surface area contributed by atoms with Gasteiger partial charge >= 0.3 is 0 Å². The van der Waals surface area contributed by atoms with Gasteiger partial charge in [-0.05, 0) is 40.3 Å². The molecule has 0 amide bonds. The van der Waals surface area contributed by atoms with Gasteiger partial charge in [0.2, 0.25) is 0 Å². The average molecular weight is 360 g/mol. The Morgan fingerprint density at radius 2 is 1.04 bits per heavy atom. The summed E-state index contributed by atoms with van der Waals surface area (Å²) in [5.74, 6) is 0.173. The SMILES string of the molecule is Cc1ccccc1C(=O)c1ccccc1C1c2ccccc2-c2ccccc21. The van der Waals surface area contributed by atoms with E-state index in [0.29, 0.717) is 0 Å². The van der Waals surface area contributed by atoms with E-state index < -0.39 is 0 Å². The molecule has 0 bridgehead atoms. The van der Waals surface area contributed by atoms with Crippen molar-refractivity contribution in [2.45, 2.75) is 12.8 Å². The van der Waals surface area contributed by atoms with Gasteiger partial charge in [0.25, 0.3) is 0 Å². The van der Waals surface area contributed by atoms with Gasteiger partial charge in [0, 0.05) is 17.0 Å². The molecule has 0 N–H and O–H groups in total. The number of ketones is 1. The lowest BCUT2D eigenvalue weighted by molar-refractivity contribution is 0.103. The normalized spacial score (nSPS) is 12.5. The number of rotatable bonds is 3. The van der Waals surface area contributed by atoms with Gasteiger partial charge < -0.3 is 0 Å². The molecule has 0 heterocycles. The fraction of sp³-hybridized carbons (Fsp3) is 0.0741. The number of carbonyl (C=O) groups excluding carboxylic acids is 1. The van der Waals surface area contributed by atoms with Crippen LogP contribution in [-0.2, 0) is 0 Å². The summed E-state index contributed by atoms with van der Waals surface area (Å²) >= 11 is 0. The third-order valence-corrected chi connectivity index (χ3v) is 5.74. The second kappa shape index (κ2) is 6.61. The molecule has 0 atom stereocenters. The molecule has 0 aliphatic heterocycles. The first kappa shape index (κ1) is 16.7. The molecular formula is C27H20O. The minimum absolute atomic E-state index is 0.0802. The third kappa shape index (κ3) is 2.51. The number of fused-ring (bicyclic) bond motifs is 3. The van der Waals surface area contributed by atoms with E-state index in [9.17, 15) is 4.79 Å². The zero-order valence-electron chi connectivity index (χ0n) is 15.7. The Hall–Kier alpha value is -3.45. The minimum Gasteiger partial charge on any atom is -0.289 e. The molecule has 0 unspecified atom stereocenters. The van der Waals surface area contributed by atoms with E-state index in [1.165, 1.54) is 22.3 Å². The van der Waals surface area contributed by atoms with Crippen molar-refractivity contribution in [2.75, 3.05) is 0 Å². The lowest BCUT2D eigenvalue weighted by Crippen LogP contribution is -2.10. The second-order valence-corrected chi connectivity index (χ2v) is 7.34. The van der Waals surface area contributed by atoms with Gasteiger partial charge in [0.15, 0.2) is 5.78 Å². The number of benzene rings is 4. The summed E-state index contributed by atoms with van der Waals surface area (Å²) in [4.78, 5) is 13.5. The van der Waals surface area contributed by atoms with E-state index in [1.54, 1.807) is 0 Å². The van der Waals surface area contributed by atoms with Crippen LogP contribution in [0.2, 0.25) is 0 Å². The summed E-state index contributed by atoms with van der Waals surface area (Å²) in [5, 5.41) is 0. The maximum Gasteiger partial charge on any atom is 0.193 e. The van der Waals surface area contributed by atoms with Crippen LogP contribution < -0.4 is 0 Å². The molecule has 28 heavy (non-hydrogen) atoms. The summed E-state index contributed by atoms with van der Waals surface area (Å²) in [6, 6.07) is 33.0. The Labute approximate surface area is 165 Å². The molecule has 1 aliphatic carbocycles. The van der Waals surface area contributed by atoms with Crippen LogP contribution in [0.1, 0.15) is 44.1 Å². The molecule has 134 valence electrons. The quantitative estimate of drug-likeness (QED) is 0.341. The first-order valence-electron chi connectivity index (χ1n) is 9.63. The first-order chi connectivity index (χ1) is 13.8. The first-order valence-corrected chi connectivity index (χ1v) is 9.63. The topological polar surface area (TPSA) is 17.1 Å². The highest BCUT2D eigenvalue weighted by Crippen LogP contribution is 2.48. The van der Waals surface area contributed by atoms with Crippen LogP contribution >= 0.6 is 0 Å². The van der Waals surface area contributed by atoms with Crippen LogP contribution in [0.4, 0.5) is 0 Å². The predicted molar refractivity (Wildman–Crippen MR) is 114 cm³/mol. The fourth-order valence-corrected chi connectivity index (χ4v) is 4.42. The Morgan fingerprint density at radius 1 is 0.571 bits per heavy atom. The molecule has 1 nitrogen and oxygen atoms in total. The zero-order chi connectivity index (χ0) is 19.1. The maximum atomic E-state index is 13.5. The number of aryl methyl sites for hydroxylation is 1. The van der Waals surface area contributed by atoms with E-state index in [0.717, 1.165) is 22.3 Å².